The Balaban J connectivity index is 1.83. The van der Waals surface area contributed by atoms with Crippen molar-refractivity contribution in [1.29, 1.82) is 0 Å². The largest absolute Gasteiger partial charge is 0.468 e. The second-order valence-electron chi connectivity index (χ2n) is 4.91. The highest BCUT2D eigenvalue weighted by Gasteiger charge is 2.29. The van der Waals surface area contributed by atoms with Crippen LogP contribution in [0.4, 0.5) is 22.0 Å². The Morgan fingerprint density at radius 2 is 1.92 bits per heavy atom. The van der Waals surface area contributed by atoms with Crippen LogP contribution in [0.3, 0.4) is 0 Å². The molecule has 0 amide bonds. The maximum absolute atomic E-state index is 12.2. The molecule has 2 aromatic rings. The van der Waals surface area contributed by atoms with E-state index in [1.165, 1.54) is 6.20 Å². The van der Waals surface area contributed by atoms with Crippen molar-refractivity contribution < 1.29 is 31.1 Å². The average Bonchev–Trinajstić information content (AvgIpc) is 2.99. The molecule has 0 aliphatic carbocycles. The van der Waals surface area contributed by atoms with Gasteiger partial charge in [0.05, 0.1) is 12.3 Å². The van der Waals surface area contributed by atoms with Crippen LogP contribution in [-0.4, -0.2) is 23.5 Å². The van der Waals surface area contributed by atoms with Crippen molar-refractivity contribution in [2.24, 2.45) is 0 Å². The fraction of sp³-hybridized carbons (Fsp3) is 0.400. The Kier molecular flexibility index (Phi) is 7.06. The van der Waals surface area contributed by atoms with Gasteiger partial charge in [0.15, 0.2) is 6.61 Å². The molecule has 2 rings (SSSR count). The third-order valence-electron chi connectivity index (χ3n) is 2.91. The molecule has 25 heavy (non-hydrogen) atoms. The smallest absolute Gasteiger partial charge is 0.422 e. The van der Waals surface area contributed by atoms with E-state index < -0.39 is 18.5 Å². The summed E-state index contributed by atoms with van der Waals surface area (Å²) in [5, 5.41) is 2.98. The van der Waals surface area contributed by atoms with Gasteiger partial charge < -0.3 is 14.5 Å². The summed E-state index contributed by atoms with van der Waals surface area (Å²) in [5.41, 5.74) is 0.465. The quantitative estimate of drug-likeness (QED) is 0.653. The fourth-order valence-corrected chi connectivity index (χ4v) is 2.34. The topological polar surface area (TPSA) is 47.3 Å². The van der Waals surface area contributed by atoms with Crippen molar-refractivity contribution in [2.75, 3.05) is 6.61 Å². The van der Waals surface area contributed by atoms with Gasteiger partial charge in [0.25, 0.3) is 5.76 Å². The maximum Gasteiger partial charge on any atom is 0.422 e. The summed E-state index contributed by atoms with van der Waals surface area (Å²) < 4.78 is 71.0. The van der Waals surface area contributed by atoms with E-state index in [1.807, 2.05) is 0 Å². The van der Waals surface area contributed by atoms with Gasteiger partial charge >= 0.3 is 6.18 Å². The molecule has 1 N–H and O–H groups in total. The molecule has 10 heteroatoms. The first kappa shape index (κ1) is 19.5. The van der Waals surface area contributed by atoms with Crippen LogP contribution in [0.2, 0.25) is 0 Å². The average molecular weight is 382 g/mol. The summed E-state index contributed by atoms with van der Waals surface area (Å²) in [6.45, 7) is -0.920. The number of furan rings is 1. The number of alkyl halides is 5. The van der Waals surface area contributed by atoms with E-state index in [0.717, 1.165) is 0 Å². The van der Waals surface area contributed by atoms with Gasteiger partial charge in [-0.3, -0.25) is 0 Å². The number of pyridine rings is 1. The lowest BCUT2D eigenvalue weighted by Gasteiger charge is -2.12. The molecule has 138 valence electrons. The van der Waals surface area contributed by atoms with Crippen LogP contribution in [0.5, 0.6) is 5.88 Å². The molecular formula is C15H15F5N2O2S. The fourth-order valence-electron chi connectivity index (χ4n) is 1.90. The third kappa shape index (κ3) is 7.30. The van der Waals surface area contributed by atoms with E-state index in [0.29, 0.717) is 28.8 Å². The molecule has 0 radical (unpaired) electrons. The number of ether oxygens (including phenoxy) is 1. The van der Waals surface area contributed by atoms with Crippen LogP contribution in [0.25, 0.3) is 0 Å². The number of nitrogens with one attached hydrogen (secondary N) is 1. The minimum absolute atomic E-state index is 0.0652. The van der Waals surface area contributed by atoms with Crippen molar-refractivity contribution in [3.8, 4) is 5.88 Å². The van der Waals surface area contributed by atoms with E-state index >= 15 is 0 Å². The summed E-state index contributed by atoms with van der Waals surface area (Å²) >= 11 is 0.464. The third-order valence-corrected chi connectivity index (χ3v) is 3.61. The molecule has 0 bridgehead atoms. The molecule has 0 aliphatic heterocycles. The molecule has 0 atom stereocenters. The number of halogens is 5. The molecule has 0 spiro atoms. The summed E-state index contributed by atoms with van der Waals surface area (Å²) in [6.07, 6.45) is -3.10. The van der Waals surface area contributed by atoms with E-state index in [4.69, 9.17) is 4.42 Å². The van der Waals surface area contributed by atoms with Gasteiger partial charge in [0.1, 0.15) is 11.5 Å². The van der Waals surface area contributed by atoms with Gasteiger partial charge in [-0.2, -0.15) is 22.0 Å². The SMILES string of the molecule is FC(F)SCc1ccc(CNCc2cccnc2OCC(F)(F)F)o1. The van der Waals surface area contributed by atoms with Gasteiger partial charge in [0.2, 0.25) is 5.88 Å². The van der Waals surface area contributed by atoms with Crippen LogP contribution >= 0.6 is 11.8 Å². The Labute approximate surface area is 144 Å². The van der Waals surface area contributed by atoms with Gasteiger partial charge in [-0.1, -0.05) is 17.8 Å². The van der Waals surface area contributed by atoms with Crippen LogP contribution in [-0.2, 0) is 18.8 Å². The summed E-state index contributed by atoms with van der Waals surface area (Å²) in [7, 11) is 0. The van der Waals surface area contributed by atoms with Crippen molar-refractivity contribution in [2.45, 2.75) is 30.8 Å². The van der Waals surface area contributed by atoms with Gasteiger partial charge in [0, 0.05) is 18.3 Å². The zero-order valence-corrected chi connectivity index (χ0v) is 13.7. The summed E-state index contributed by atoms with van der Waals surface area (Å²) in [5.74, 6) is -1.53. The lowest BCUT2D eigenvalue weighted by Crippen LogP contribution is -2.21. The zero-order valence-electron chi connectivity index (χ0n) is 12.9. The zero-order chi connectivity index (χ0) is 18.3. The molecule has 4 nitrogen and oxygen atoms in total. The summed E-state index contributed by atoms with van der Waals surface area (Å²) in [4.78, 5) is 3.79. The van der Waals surface area contributed by atoms with E-state index in [1.54, 1.807) is 24.3 Å². The number of hydrogen-bond acceptors (Lipinski definition) is 5. The normalized spacial score (nSPS) is 11.9. The predicted octanol–water partition coefficient (Wildman–Crippen LogP) is 4.36. The highest BCUT2D eigenvalue weighted by Crippen LogP contribution is 2.22. The Morgan fingerprint density at radius 3 is 2.64 bits per heavy atom. The maximum atomic E-state index is 12.2. The van der Waals surface area contributed by atoms with Crippen molar-refractivity contribution >= 4 is 11.8 Å². The molecule has 0 unspecified atom stereocenters. The molecule has 0 saturated carbocycles. The second-order valence-corrected chi connectivity index (χ2v) is 5.89. The van der Waals surface area contributed by atoms with Gasteiger partial charge in [-0.05, 0) is 18.2 Å². The highest BCUT2D eigenvalue weighted by atomic mass is 32.2. The molecule has 0 fully saturated rings. The van der Waals surface area contributed by atoms with E-state index in [2.05, 4.69) is 15.0 Å². The minimum atomic E-state index is -4.44. The van der Waals surface area contributed by atoms with Crippen molar-refractivity contribution in [1.82, 2.24) is 10.3 Å². The highest BCUT2D eigenvalue weighted by molar-refractivity contribution is 7.98. The van der Waals surface area contributed by atoms with E-state index in [-0.39, 0.29) is 24.7 Å². The van der Waals surface area contributed by atoms with Crippen LogP contribution < -0.4 is 10.1 Å². The second kappa shape index (κ2) is 9.04. The molecule has 0 aliphatic rings. The molecule has 0 saturated heterocycles. The lowest BCUT2D eigenvalue weighted by molar-refractivity contribution is -0.154. The predicted molar refractivity (Wildman–Crippen MR) is 82.3 cm³/mol. The van der Waals surface area contributed by atoms with Crippen LogP contribution in [0, 0.1) is 0 Å². The first-order valence-corrected chi connectivity index (χ1v) is 8.20. The first-order chi connectivity index (χ1) is 11.8. The van der Waals surface area contributed by atoms with Gasteiger partial charge in [-0.15, -0.1) is 0 Å². The van der Waals surface area contributed by atoms with Crippen LogP contribution in [0.15, 0.2) is 34.9 Å². The first-order valence-electron chi connectivity index (χ1n) is 7.15. The number of rotatable bonds is 9. The number of nitrogens with zero attached hydrogens (tertiary/aromatic N) is 1. The van der Waals surface area contributed by atoms with Gasteiger partial charge in [-0.25, -0.2) is 4.98 Å². The standard InChI is InChI=1S/C15H15F5N2O2S/c16-14(17)25-8-12-4-3-11(24-12)7-21-6-10-2-1-5-22-13(10)23-9-15(18,19)20/h1-5,14,21H,6-9H2. The monoisotopic (exact) mass is 382 g/mol. The van der Waals surface area contributed by atoms with E-state index in [9.17, 15) is 22.0 Å². The molecular weight excluding hydrogens is 367 g/mol. The Morgan fingerprint density at radius 1 is 1.16 bits per heavy atom. The molecule has 2 aromatic heterocycles. The number of aromatic nitrogens is 1. The number of hydrogen-bond donors (Lipinski definition) is 1. The number of thioether (sulfide) groups is 1. The molecule has 2 heterocycles. The van der Waals surface area contributed by atoms with Crippen LogP contribution in [0.1, 0.15) is 17.1 Å². The van der Waals surface area contributed by atoms with Crippen molar-refractivity contribution in [3.05, 3.63) is 47.5 Å². The Hall–Kier alpha value is -1.81. The summed E-state index contributed by atoms with van der Waals surface area (Å²) in [6, 6.07) is 6.44. The minimum Gasteiger partial charge on any atom is -0.468 e. The van der Waals surface area contributed by atoms with Crippen molar-refractivity contribution in [3.63, 3.8) is 0 Å². The molecule has 0 aromatic carbocycles. The lowest BCUT2D eigenvalue weighted by atomic mass is 10.2. The Bertz CT molecular complexity index is 663.